The van der Waals surface area contributed by atoms with Crippen LogP contribution in [0, 0.1) is 17.9 Å². The van der Waals surface area contributed by atoms with E-state index in [0.29, 0.717) is 0 Å². The van der Waals surface area contributed by atoms with Crippen molar-refractivity contribution in [1.29, 1.82) is 0 Å². The fourth-order valence-electron chi connectivity index (χ4n) is 5.91. The normalized spacial score (nSPS) is 12.2. The van der Waals surface area contributed by atoms with E-state index < -0.39 is 13.3 Å². The number of ketones is 1. The van der Waals surface area contributed by atoms with Crippen LogP contribution in [0.4, 0.5) is 0 Å². The van der Waals surface area contributed by atoms with Gasteiger partial charge in [-0.15, -0.1) is 0 Å². The van der Waals surface area contributed by atoms with Crippen LogP contribution in [0.15, 0.2) is 83.0 Å². The predicted molar refractivity (Wildman–Crippen MR) is 196 cm³/mol. The number of hydrogen-bond donors (Lipinski definition) is 1. The van der Waals surface area contributed by atoms with Gasteiger partial charge in [-0.05, 0) is 25.7 Å². The van der Waals surface area contributed by atoms with Crippen molar-refractivity contribution in [2.75, 3.05) is 0 Å². The summed E-state index contributed by atoms with van der Waals surface area (Å²) in [6, 6.07) is 27.1. The zero-order valence-corrected chi connectivity index (χ0v) is 33.2. The number of thiazole rings is 1. The minimum Gasteiger partial charge on any atom is 0 e. The van der Waals surface area contributed by atoms with Gasteiger partial charge in [0.15, 0.2) is 5.78 Å². The molecule has 0 saturated heterocycles. The Balaban J connectivity index is 0.000000259. The summed E-state index contributed by atoms with van der Waals surface area (Å²) in [6.45, 7) is 8.07. The van der Waals surface area contributed by atoms with Gasteiger partial charge in [0.05, 0.1) is 5.76 Å². The van der Waals surface area contributed by atoms with Gasteiger partial charge in [0, 0.05) is 38.0 Å². The van der Waals surface area contributed by atoms with E-state index in [1.54, 1.807) is 11.3 Å². The Hall–Kier alpha value is -2.77. The van der Waals surface area contributed by atoms with Gasteiger partial charge in [-0.3, -0.25) is 4.79 Å². The zero-order chi connectivity index (χ0) is 32.3. The molecule has 2 heterocycles. The van der Waals surface area contributed by atoms with Gasteiger partial charge < -0.3 is 5.11 Å². The van der Waals surface area contributed by atoms with Gasteiger partial charge >= 0.3 is 182 Å². The van der Waals surface area contributed by atoms with Crippen LogP contribution >= 0.6 is 11.3 Å². The standard InChI is InChI=1S/C26H20GeNOS.C13H24O2.Ir/c1-27(2,3)17-12-13-19-22(15-17)29-25-18-9-5-4-8-16(18)14-20(24(19)25)26-28-21-10-6-7-11-23(21)30-26;1-5-10(6-2)12(14)9-13(15)11(7-3)8-4;/h4-13,15H,1-3H3;9-11,14H,5-8H2,1-4H3;/q-1;;/b;12-9-;. The Bertz CT molecular complexity index is 1960. The molecule has 0 spiro atoms. The quantitative estimate of drug-likeness (QED) is 0.0680. The Morgan fingerprint density at radius 2 is 1.57 bits per heavy atom. The zero-order valence-electron chi connectivity index (χ0n) is 27.9. The van der Waals surface area contributed by atoms with Crippen molar-refractivity contribution in [3.63, 3.8) is 0 Å². The van der Waals surface area contributed by atoms with Crippen molar-refractivity contribution in [2.24, 2.45) is 11.8 Å². The molecular weight excluding hydrogens is 827 g/mol. The van der Waals surface area contributed by atoms with E-state index in [4.69, 9.17) is 9.40 Å². The van der Waals surface area contributed by atoms with Crippen LogP contribution in [0.5, 0.6) is 0 Å². The molecule has 0 bridgehead atoms. The number of rotatable bonds is 9. The Morgan fingerprint density at radius 1 is 0.913 bits per heavy atom. The maximum atomic E-state index is 11.7. The first-order valence-corrected chi connectivity index (χ1v) is 24.4. The van der Waals surface area contributed by atoms with Crippen LogP contribution in [0.3, 0.4) is 0 Å². The van der Waals surface area contributed by atoms with E-state index in [1.807, 2.05) is 33.8 Å². The Kier molecular flexibility index (Phi) is 12.1. The van der Waals surface area contributed by atoms with Crippen molar-refractivity contribution in [2.45, 2.75) is 70.6 Å². The van der Waals surface area contributed by atoms with Gasteiger partial charge in [0.2, 0.25) is 0 Å². The number of hydrogen-bond acceptors (Lipinski definition) is 5. The SMILES string of the molecule is CCC(CC)C(=O)/C=C(\O)C(CC)CC.[CH3][Ge]([CH3])([CH3])[c]1ccc2c(c1)oc1c3ccccc3[c-]c(-c3nc4ccccc4s3)c21.[Ir]. The maximum Gasteiger partial charge on any atom is 0 e. The van der Waals surface area contributed by atoms with Crippen LogP contribution < -0.4 is 4.40 Å². The molecule has 0 aliphatic rings. The summed E-state index contributed by atoms with van der Waals surface area (Å²) in [5.74, 6) is 7.80. The van der Waals surface area contributed by atoms with Crippen LogP contribution in [0.1, 0.15) is 53.4 Å². The van der Waals surface area contributed by atoms with E-state index in [-0.39, 0.29) is 43.5 Å². The summed E-state index contributed by atoms with van der Waals surface area (Å²) in [5, 5.41) is 15.2. The van der Waals surface area contributed by atoms with E-state index >= 15 is 0 Å². The smallest absolute Gasteiger partial charge is 0 e. The molecule has 0 atom stereocenters. The Labute approximate surface area is 293 Å². The molecule has 0 aliphatic carbocycles. The van der Waals surface area contributed by atoms with E-state index in [2.05, 4.69) is 84.0 Å². The molecule has 0 unspecified atom stereocenters. The summed E-state index contributed by atoms with van der Waals surface area (Å²) in [6.07, 6.45) is 4.91. The van der Waals surface area contributed by atoms with E-state index in [9.17, 15) is 9.90 Å². The molecule has 6 rings (SSSR count). The number of fused-ring (bicyclic) bond motifs is 6. The van der Waals surface area contributed by atoms with Gasteiger partial charge in [0.1, 0.15) is 0 Å². The number of aliphatic hydroxyl groups excluding tert-OH is 1. The second-order valence-electron chi connectivity index (χ2n) is 12.8. The summed E-state index contributed by atoms with van der Waals surface area (Å²) in [5.41, 5.74) is 3.97. The molecule has 1 N–H and O–H groups in total. The number of para-hydroxylation sites is 1. The number of aromatic nitrogens is 1. The summed E-state index contributed by atoms with van der Waals surface area (Å²) in [7, 11) is 0. The number of aliphatic hydroxyl groups is 1. The monoisotopic (exact) mass is 873 g/mol. The van der Waals surface area contributed by atoms with E-state index in [1.165, 1.54) is 15.2 Å². The molecule has 4 aromatic carbocycles. The van der Waals surface area contributed by atoms with Crippen LogP contribution in [-0.4, -0.2) is 29.1 Å². The minimum absolute atomic E-state index is 0. The number of benzene rings is 4. The fourth-order valence-corrected chi connectivity index (χ4v) is 9.29. The topological polar surface area (TPSA) is 63.3 Å². The third-order valence-electron chi connectivity index (χ3n) is 8.83. The fraction of sp³-hybridized carbons (Fsp3) is 0.333. The van der Waals surface area contributed by atoms with Crippen molar-refractivity contribution < 1.29 is 34.4 Å². The van der Waals surface area contributed by atoms with Crippen LogP contribution in [0.2, 0.25) is 17.3 Å². The first-order valence-electron chi connectivity index (χ1n) is 16.2. The third kappa shape index (κ3) is 7.52. The molecule has 1 radical (unpaired) electrons. The second kappa shape index (κ2) is 15.4. The molecule has 0 aliphatic heterocycles. The average Bonchev–Trinajstić information content (AvgIpc) is 3.64. The minimum atomic E-state index is -1.96. The second-order valence-corrected chi connectivity index (χ2v) is 24.5. The van der Waals surface area contributed by atoms with Gasteiger partial charge in [0.25, 0.3) is 0 Å². The van der Waals surface area contributed by atoms with Crippen molar-refractivity contribution in [3.8, 4) is 10.6 Å². The molecule has 7 heteroatoms. The van der Waals surface area contributed by atoms with Crippen LogP contribution in [0.25, 0.3) is 53.5 Å². The van der Waals surface area contributed by atoms with Crippen molar-refractivity contribution in [3.05, 3.63) is 84.6 Å². The molecule has 0 saturated carbocycles. The Morgan fingerprint density at radius 3 is 2.22 bits per heavy atom. The summed E-state index contributed by atoms with van der Waals surface area (Å²) >= 11 is -0.237. The van der Waals surface area contributed by atoms with E-state index in [0.717, 1.165) is 74.5 Å². The number of furan rings is 1. The van der Waals surface area contributed by atoms with Crippen molar-refractivity contribution >= 4 is 77.7 Å². The third-order valence-corrected chi connectivity index (χ3v) is 14.2. The summed E-state index contributed by atoms with van der Waals surface area (Å²) in [4.78, 5) is 16.7. The van der Waals surface area contributed by atoms with Gasteiger partial charge in [-0.2, -0.15) is 0 Å². The summed E-state index contributed by atoms with van der Waals surface area (Å²) < 4.78 is 9.17. The first kappa shape index (κ1) is 36.1. The molecule has 46 heavy (non-hydrogen) atoms. The largest absolute Gasteiger partial charge is 0 e. The molecule has 0 fully saturated rings. The molecule has 2 aromatic heterocycles. The molecular formula is C39H44GeIrNO3S-. The van der Waals surface area contributed by atoms with Gasteiger partial charge in [-0.1, -0.05) is 27.7 Å². The number of nitrogens with zero attached hydrogens (tertiary/aromatic N) is 1. The molecule has 0 amide bonds. The van der Waals surface area contributed by atoms with Crippen molar-refractivity contribution in [1.82, 2.24) is 4.98 Å². The maximum absolute atomic E-state index is 11.7. The molecule has 243 valence electrons. The number of carbonyl (C=O) groups excluding carboxylic acids is 1. The van der Waals surface area contributed by atoms with Crippen LogP contribution in [-0.2, 0) is 24.9 Å². The first-order chi connectivity index (χ1) is 21.6. The average molecular weight is 872 g/mol. The molecule has 4 nitrogen and oxygen atoms in total. The predicted octanol–water partition coefficient (Wildman–Crippen LogP) is 11.2. The van der Waals surface area contributed by atoms with Gasteiger partial charge in [-0.25, -0.2) is 0 Å². The molecule has 6 aromatic rings. The number of allylic oxidation sites excluding steroid dienone is 2. The number of carbonyl (C=O) groups is 1.